The third kappa shape index (κ3) is 6.16. The molecule has 1 saturated heterocycles. The maximum Gasteiger partial charge on any atom is 0.326 e. The molecular formula is C11H20N4O4. The zero-order chi connectivity index (χ0) is 14.3. The molecule has 0 aromatic carbocycles. The lowest BCUT2D eigenvalue weighted by atomic mass is 10.1. The van der Waals surface area contributed by atoms with E-state index in [-0.39, 0.29) is 25.3 Å². The second-order valence-electron chi connectivity index (χ2n) is 4.49. The molecule has 0 aliphatic carbocycles. The van der Waals surface area contributed by atoms with Gasteiger partial charge >= 0.3 is 5.97 Å². The van der Waals surface area contributed by atoms with Gasteiger partial charge in [0.05, 0.1) is 6.54 Å². The van der Waals surface area contributed by atoms with Gasteiger partial charge < -0.3 is 21.5 Å². The first-order valence-electron chi connectivity index (χ1n) is 6.22. The average Bonchev–Trinajstić information content (AvgIpc) is 2.35. The summed E-state index contributed by atoms with van der Waals surface area (Å²) in [6.07, 6.45) is -0.0527. The normalized spacial score (nSPS) is 17.7. The highest BCUT2D eigenvalue weighted by molar-refractivity contribution is 5.85. The van der Waals surface area contributed by atoms with Gasteiger partial charge in [-0.05, 0) is 6.42 Å². The summed E-state index contributed by atoms with van der Waals surface area (Å²) in [5, 5.41) is 14.5. The number of nitrogens with one attached hydrogen (secondary N) is 2. The lowest BCUT2D eigenvalue weighted by molar-refractivity contribution is -0.142. The monoisotopic (exact) mass is 272 g/mol. The lowest BCUT2D eigenvalue weighted by Gasteiger charge is -2.27. The summed E-state index contributed by atoms with van der Waals surface area (Å²) in [6.45, 7) is 3.32. The van der Waals surface area contributed by atoms with E-state index in [0.717, 1.165) is 26.2 Å². The number of carboxylic acids is 1. The molecule has 2 amide bonds. The zero-order valence-electron chi connectivity index (χ0n) is 10.7. The number of rotatable bonds is 7. The molecule has 1 atom stereocenters. The fourth-order valence-electron chi connectivity index (χ4n) is 1.86. The maximum atomic E-state index is 11.7. The summed E-state index contributed by atoms with van der Waals surface area (Å²) in [5.41, 5.74) is 4.96. The van der Waals surface area contributed by atoms with Gasteiger partial charge in [-0.1, -0.05) is 0 Å². The van der Waals surface area contributed by atoms with E-state index >= 15 is 0 Å². The molecular weight excluding hydrogens is 252 g/mol. The topological polar surface area (TPSA) is 125 Å². The number of carbonyl (C=O) groups excluding carboxylic acids is 2. The number of primary amides is 1. The number of piperazine rings is 1. The van der Waals surface area contributed by atoms with Crippen LogP contribution in [0, 0.1) is 0 Å². The van der Waals surface area contributed by atoms with Crippen LogP contribution in [0.5, 0.6) is 0 Å². The van der Waals surface area contributed by atoms with E-state index in [1.165, 1.54) is 0 Å². The Morgan fingerprint density at radius 2 is 1.95 bits per heavy atom. The van der Waals surface area contributed by atoms with E-state index in [4.69, 9.17) is 10.8 Å². The largest absolute Gasteiger partial charge is 0.480 e. The molecule has 0 radical (unpaired) electrons. The Bertz CT molecular complexity index is 342. The van der Waals surface area contributed by atoms with Crippen molar-refractivity contribution in [1.29, 1.82) is 0 Å². The summed E-state index contributed by atoms with van der Waals surface area (Å²) >= 11 is 0. The molecule has 1 aliphatic rings. The molecule has 1 heterocycles. The lowest BCUT2D eigenvalue weighted by Crippen LogP contribution is -2.50. The molecule has 0 saturated carbocycles. The average molecular weight is 272 g/mol. The fourth-order valence-corrected chi connectivity index (χ4v) is 1.86. The highest BCUT2D eigenvalue weighted by Crippen LogP contribution is 1.98. The Morgan fingerprint density at radius 1 is 1.32 bits per heavy atom. The van der Waals surface area contributed by atoms with Gasteiger partial charge in [-0.15, -0.1) is 0 Å². The second kappa shape index (κ2) is 7.70. The Kier molecular flexibility index (Phi) is 6.23. The molecule has 1 rings (SSSR count). The van der Waals surface area contributed by atoms with Crippen molar-refractivity contribution in [1.82, 2.24) is 15.5 Å². The predicted octanol–water partition coefficient (Wildman–Crippen LogP) is -2.27. The molecule has 0 aromatic rings. The van der Waals surface area contributed by atoms with Crippen molar-refractivity contribution < 1.29 is 19.5 Å². The Hall–Kier alpha value is -1.67. The Balaban J connectivity index is 2.37. The van der Waals surface area contributed by atoms with E-state index in [1.807, 2.05) is 4.90 Å². The molecule has 0 spiro atoms. The Morgan fingerprint density at radius 3 is 2.47 bits per heavy atom. The first-order chi connectivity index (χ1) is 8.99. The highest BCUT2D eigenvalue weighted by atomic mass is 16.4. The smallest absolute Gasteiger partial charge is 0.326 e. The van der Waals surface area contributed by atoms with Crippen molar-refractivity contribution >= 4 is 17.8 Å². The summed E-state index contributed by atoms with van der Waals surface area (Å²) in [4.78, 5) is 35.2. The van der Waals surface area contributed by atoms with Crippen molar-refractivity contribution in [3.8, 4) is 0 Å². The minimum absolute atomic E-state index is 0.0119. The van der Waals surface area contributed by atoms with E-state index < -0.39 is 17.9 Å². The number of hydrogen-bond acceptors (Lipinski definition) is 5. The number of aliphatic carboxylic acids is 1. The third-order valence-corrected chi connectivity index (χ3v) is 2.89. The number of nitrogens with two attached hydrogens (primary N) is 1. The SMILES string of the molecule is NC(=O)CCC(NC(=O)CN1CCNCC1)C(=O)O. The molecule has 0 aromatic heterocycles. The van der Waals surface area contributed by atoms with E-state index in [2.05, 4.69) is 10.6 Å². The number of nitrogens with zero attached hydrogens (tertiary/aromatic N) is 1. The Labute approximate surface area is 111 Å². The van der Waals surface area contributed by atoms with Crippen LogP contribution in [-0.4, -0.2) is 66.6 Å². The van der Waals surface area contributed by atoms with Gasteiger partial charge in [-0.25, -0.2) is 4.79 Å². The van der Waals surface area contributed by atoms with Crippen LogP contribution in [-0.2, 0) is 14.4 Å². The molecule has 8 heteroatoms. The van der Waals surface area contributed by atoms with Crippen LogP contribution in [0.15, 0.2) is 0 Å². The fraction of sp³-hybridized carbons (Fsp3) is 0.727. The summed E-state index contributed by atoms with van der Waals surface area (Å²) in [5.74, 6) is -2.09. The van der Waals surface area contributed by atoms with Crippen molar-refractivity contribution in [2.75, 3.05) is 32.7 Å². The van der Waals surface area contributed by atoms with Crippen molar-refractivity contribution in [3.63, 3.8) is 0 Å². The third-order valence-electron chi connectivity index (χ3n) is 2.89. The molecule has 1 aliphatic heterocycles. The van der Waals surface area contributed by atoms with Crippen LogP contribution in [0.4, 0.5) is 0 Å². The number of carbonyl (C=O) groups is 3. The summed E-state index contributed by atoms with van der Waals surface area (Å²) in [7, 11) is 0. The van der Waals surface area contributed by atoms with Crippen LogP contribution in [0.25, 0.3) is 0 Å². The molecule has 1 fully saturated rings. The van der Waals surface area contributed by atoms with Crippen LogP contribution in [0.2, 0.25) is 0 Å². The van der Waals surface area contributed by atoms with Gasteiger partial charge in [0.15, 0.2) is 0 Å². The van der Waals surface area contributed by atoms with E-state index in [0.29, 0.717) is 0 Å². The second-order valence-corrected chi connectivity index (χ2v) is 4.49. The molecule has 19 heavy (non-hydrogen) atoms. The van der Waals surface area contributed by atoms with Gasteiger partial charge in [0.1, 0.15) is 6.04 Å². The summed E-state index contributed by atoms with van der Waals surface area (Å²) < 4.78 is 0. The number of amides is 2. The molecule has 1 unspecified atom stereocenters. The maximum absolute atomic E-state index is 11.7. The van der Waals surface area contributed by atoms with Crippen LogP contribution < -0.4 is 16.4 Å². The van der Waals surface area contributed by atoms with Gasteiger partial charge in [-0.3, -0.25) is 14.5 Å². The molecule has 5 N–H and O–H groups in total. The predicted molar refractivity (Wildman–Crippen MR) is 67.3 cm³/mol. The standard InChI is InChI=1S/C11H20N4O4/c12-9(16)2-1-8(11(18)19)14-10(17)7-15-5-3-13-4-6-15/h8,13H,1-7H2,(H2,12,16)(H,14,17)(H,18,19). The van der Waals surface area contributed by atoms with Crippen LogP contribution in [0.3, 0.4) is 0 Å². The van der Waals surface area contributed by atoms with Crippen molar-refractivity contribution in [2.45, 2.75) is 18.9 Å². The number of hydrogen-bond donors (Lipinski definition) is 4. The van der Waals surface area contributed by atoms with Gasteiger partial charge in [0.25, 0.3) is 0 Å². The van der Waals surface area contributed by atoms with Gasteiger partial charge in [0.2, 0.25) is 11.8 Å². The van der Waals surface area contributed by atoms with Gasteiger partial charge in [0, 0.05) is 32.6 Å². The molecule has 0 bridgehead atoms. The minimum Gasteiger partial charge on any atom is -0.480 e. The highest BCUT2D eigenvalue weighted by Gasteiger charge is 2.22. The van der Waals surface area contributed by atoms with Crippen LogP contribution in [0.1, 0.15) is 12.8 Å². The number of carboxylic acid groups (broad SMARTS) is 1. The minimum atomic E-state index is -1.16. The quantitative estimate of drug-likeness (QED) is 0.414. The van der Waals surface area contributed by atoms with Crippen molar-refractivity contribution in [2.24, 2.45) is 5.73 Å². The molecule has 108 valence electrons. The summed E-state index contributed by atoms with van der Waals surface area (Å²) in [6, 6.07) is -1.07. The van der Waals surface area contributed by atoms with Crippen LogP contribution >= 0.6 is 0 Å². The zero-order valence-corrected chi connectivity index (χ0v) is 10.7. The molecule has 8 nitrogen and oxygen atoms in total. The van der Waals surface area contributed by atoms with Crippen molar-refractivity contribution in [3.05, 3.63) is 0 Å². The first kappa shape index (κ1) is 15.4. The first-order valence-corrected chi connectivity index (χ1v) is 6.22. The van der Waals surface area contributed by atoms with E-state index in [9.17, 15) is 14.4 Å². The van der Waals surface area contributed by atoms with E-state index in [1.54, 1.807) is 0 Å². The van der Waals surface area contributed by atoms with Gasteiger partial charge in [-0.2, -0.15) is 0 Å².